The van der Waals surface area contributed by atoms with Gasteiger partial charge in [0.25, 0.3) is 5.56 Å². The molecule has 1 aromatic carbocycles. The first kappa shape index (κ1) is 13.8. The lowest BCUT2D eigenvalue weighted by Gasteiger charge is -1.99. The topological polar surface area (TPSA) is 58.6 Å². The summed E-state index contributed by atoms with van der Waals surface area (Å²) in [5.74, 6) is 0.504. The smallest absolute Gasteiger partial charge is 0.282 e. The molecular formula is C18H13N3OS. The molecule has 0 saturated carbocycles. The van der Waals surface area contributed by atoms with Crippen LogP contribution in [-0.2, 0) is 0 Å². The van der Waals surface area contributed by atoms with Crippen molar-refractivity contribution in [3.05, 3.63) is 70.6 Å². The Balaban J connectivity index is 1.97. The van der Waals surface area contributed by atoms with Gasteiger partial charge in [-0.3, -0.25) is 9.78 Å². The van der Waals surface area contributed by atoms with E-state index >= 15 is 0 Å². The van der Waals surface area contributed by atoms with E-state index in [1.807, 2.05) is 43.3 Å². The van der Waals surface area contributed by atoms with Gasteiger partial charge in [-0.05, 0) is 30.2 Å². The van der Waals surface area contributed by atoms with Gasteiger partial charge in [0, 0.05) is 11.1 Å². The van der Waals surface area contributed by atoms with E-state index in [2.05, 4.69) is 27.1 Å². The van der Waals surface area contributed by atoms with Crippen molar-refractivity contribution in [2.75, 3.05) is 0 Å². The minimum absolute atomic E-state index is 0.213. The first-order chi connectivity index (χ1) is 11.2. The van der Waals surface area contributed by atoms with Crippen molar-refractivity contribution in [1.29, 1.82) is 0 Å². The lowest BCUT2D eigenvalue weighted by Crippen LogP contribution is -2.09. The third-order valence-electron chi connectivity index (χ3n) is 3.75. The Morgan fingerprint density at radius 2 is 1.83 bits per heavy atom. The van der Waals surface area contributed by atoms with Crippen LogP contribution in [0.15, 0.2) is 59.5 Å². The number of hydrogen-bond acceptors (Lipinski definition) is 4. The van der Waals surface area contributed by atoms with Gasteiger partial charge in [-0.15, -0.1) is 11.3 Å². The summed E-state index contributed by atoms with van der Waals surface area (Å²) in [5.41, 5.74) is 2.53. The minimum Gasteiger partial charge on any atom is -0.329 e. The van der Waals surface area contributed by atoms with Crippen LogP contribution in [0, 0.1) is 6.92 Å². The molecule has 112 valence electrons. The fraction of sp³-hybridized carbons (Fsp3) is 0.0556. The monoisotopic (exact) mass is 319 g/mol. The third-order valence-corrected chi connectivity index (χ3v) is 5.01. The van der Waals surface area contributed by atoms with Gasteiger partial charge < -0.3 is 4.98 Å². The third kappa shape index (κ3) is 2.35. The number of fused-ring (bicyclic) bond motifs is 1. The second-order valence-corrected chi connectivity index (χ2v) is 6.25. The summed E-state index contributed by atoms with van der Waals surface area (Å²) in [7, 11) is 0. The molecule has 3 aromatic heterocycles. The number of nitrogens with zero attached hydrogens (tertiary/aromatic N) is 2. The van der Waals surface area contributed by atoms with Crippen molar-refractivity contribution in [2.45, 2.75) is 6.92 Å². The van der Waals surface area contributed by atoms with Crippen LogP contribution in [0.2, 0.25) is 0 Å². The molecule has 0 atom stereocenters. The largest absolute Gasteiger partial charge is 0.329 e. The number of aromatic amines is 1. The molecule has 0 unspecified atom stereocenters. The summed E-state index contributed by atoms with van der Waals surface area (Å²) in [5, 5.41) is 0.661. The molecular weight excluding hydrogens is 306 g/mol. The summed E-state index contributed by atoms with van der Waals surface area (Å²) in [6, 6.07) is 15.6. The fourth-order valence-corrected chi connectivity index (χ4v) is 3.84. The lowest BCUT2D eigenvalue weighted by atomic mass is 10.1. The van der Waals surface area contributed by atoms with E-state index in [1.165, 1.54) is 0 Å². The molecule has 0 radical (unpaired) electrons. The molecule has 0 aliphatic rings. The standard InChI is InChI=1S/C18H13N3OS/c1-11-14-17(22)20-16(13-9-5-6-10-19-13)21-18(14)23-15(11)12-7-3-2-4-8-12/h2-10H,1H3,(H,20,21,22). The molecule has 3 heterocycles. The molecule has 0 fully saturated rings. The van der Waals surface area contributed by atoms with Crippen LogP contribution in [0.5, 0.6) is 0 Å². The summed E-state index contributed by atoms with van der Waals surface area (Å²) >= 11 is 1.58. The van der Waals surface area contributed by atoms with Gasteiger partial charge in [-0.25, -0.2) is 0 Å². The minimum atomic E-state index is -0.213. The molecule has 4 nitrogen and oxygen atoms in total. The number of pyridine rings is 1. The average Bonchev–Trinajstić information content (AvgIpc) is 2.94. The molecule has 5 heteroatoms. The molecule has 0 aliphatic heterocycles. The maximum atomic E-state index is 12.5. The van der Waals surface area contributed by atoms with E-state index in [0.717, 1.165) is 20.8 Å². The highest BCUT2D eigenvalue weighted by molar-refractivity contribution is 7.22. The normalized spacial score (nSPS) is 11.0. The van der Waals surface area contributed by atoms with Gasteiger partial charge in [0.1, 0.15) is 10.5 Å². The van der Waals surface area contributed by atoms with Crippen LogP contribution >= 0.6 is 11.3 Å². The quantitative estimate of drug-likeness (QED) is 0.607. The Labute approximate surface area is 136 Å². The number of benzene rings is 1. The zero-order valence-electron chi connectivity index (χ0n) is 12.4. The number of aryl methyl sites for hydroxylation is 1. The van der Waals surface area contributed by atoms with Crippen LogP contribution < -0.4 is 5.56 Å². The Morgan fingerprint density at radius 1 is 1.04 bits per heavy atom. The van der Waals surface area contributed by atoms with Gasteiger partial charge in [-0.1, -0.05) is 36.4 Å². The van der Waals surface area contributed by atoms with E-state index in [9.17, 15) is 4.79 Å². The molecule has 23 heavy (non-hydrogen) atoms. The second-order valence-electron chi connectivity index (χ2n) is 5.23. The van der Waals surface area contributed by atoms with Crippen molar-refractivity contribution in [3.8, 4) is 22.0 Å². The first-order valence-corrected chi connectivity index (χ1v) is 8.06. The van der Waals surface area contributed by atoms with Crippen molar-refractivity contribution in [2.24, 2.45) is 0 Å². The molecule has 0 bridgehead atoms. The maximum Gasteiger partial charge on any atom is 0.282 e. The SMILES string of the molecule is Cc1c(-c2ccccc2)sc2[nH]c(-c3ccccn3)nc(=O)c12. The van der Waals surface area contributed by atoms with Gasteiger partial charge in [-0.2, -0.15) is 4.98 Å². The van der Waals surface area contributed by atoms with Crippen molar-refractivity contribution in [3.63, 3.8) is 0 Å². The Kier molecular flexibility index (Phi) is 3.28. The summed E-state index contributed by atoms with van der Waals surface area (Å²) in [6.45, 7) is 1.97. The van der Waals surface area contributed by atoms with E-state index < -0.39 is 0 Å². The van der Waals surface area contributed by atoms with Crippen LogP contribution in [0.25, 0.3) is 32.2 Å². The number of rotatable bonds is 2. The predicted molar refractivity (Wildman–Crippen MR) is 93.6 cm³/mol. The Bertz CT molecular complexity index is 1040. The fourth-order valence-electron chi connectivity index (χ4n) is 2.64. The Morgan fingerprint density at radius 3 is 2.57 bits per heavy atom. The second kappa shape index (κ2) is 5.44. The highest BCUT2D eigenvalue weighted by Gasteiger charge is 2.15. The lowest BCUT2D eigenvalue weighted by molar-refractivity contribution is 1.15. The maximum absolute atomic E-state index is 12.5. The van der Waals surface area contributed by atoms with Crippen molar-refractivity contribution in [1.82, 2.24) is 15.0 Å². The summed E-state index contributed by atoms with van der Waals surface area (Å²) < 4.78 is 0. The first-order valence-electron chi connectivity index (χ1n) is 7.24. The van der Waals surface area contributed by atoms with E-state index in [4.69, 9.17) is 0 Å². The van der Waals surface area contributed by atoms with Gasteiger partial charge in [0.05, 0.1) is 5.39 Å². The molecule has 0 spiro atoms. The van der Waals surface area contributed by atoms with Crippen LogP contribution in [0.3, 0.4) is 0 Å². The van der Waals surface area contributed by atoms with Crippen LogP contribution in [0.4, 0.5) is 0 Å². The highest BCUT2D eigenvalue weighted by Crippen LogP contribution is 2.35. The van der Waals surface area contributed by atoms with E-state index in [0.29, 0.717) is 16.9 Å². The average molecular weight is 319 g/mol. The summed E-state index contributed by atoms with van der Waals surface area (Å²) in [4.78, 5) is 26.1. The summed E-state index contributed by atoms with van der Waals surface area (Å²) in [6.07, 6.45) is 1.69. The van der Waals surface area contributed by atoms with Crippen molar-refractivity contribution < 1.29 is 0 Å². The molecule has 1 N–H and O–H groups in total. The number of aromatic nitrogens is 3. The zero-order chi connectivity index (χ0) is 15.8. The van der Waals surface area contributed by atoms with Crippen LogP contribution in [-0.4, -0.2) is 15.0 Å². The number of thiophene rings is 1. The van der Waals surface area contributed by atoms with Gasteiger partial charge in [0.15, 0.2) is 5.82 Å². The van der Waals surface area contributed by atoms with E-state index in [-0.39, 0.29) is 5.56 Å². The molecule has 4 aromatic rings. The Hall–Kier alpha value is -2.79. The van der Waals surface area contributed by atoms with Gasteiger partial charge in [0.2, 0.25) is 0 Å². The zero-order valence-corrected chi connectivity index (χ0v) is 13.2. The molecule has 4 rings (SSSR count). The number of H-pyrrole nitrogens is 1. The van der Waals surface area contributed by atoms with Gasteiger partial charge >= 0.3 is 0 Å². The molecule has 0 saturated heterocycles. The highest BCUT2D eigenvalue weighted by atomic mass is 32.1. The molecule has 0 aliphatic carbocycles. The predicted octanol–water partition coefficient (Wildman–Crippen LogP) is 4.02. The number of nitrogens with one attached hydrogen (secondary N) is 1. The number of hydrogen-bond donors (Lipinski definition) is 1. The van der Waals surface area contributed by atoms with Crippen LogP contribution in [0.1, 0.15) is 5.56 Å². The van der Waals surface area contributed by atoms with Crippen molar-refractivity contribution >= 4 is 21.6 Å². The molecule has 0 amide bonds. The van der Waals surface area contributed by atoms with E-state index in [1.54, 1.807) is 17.5 Å².